The molecule has 0 spiro atoms. The summed E-state index contributed by atoms with van der Waals surface area (Å²) in [5.41, 5.74) is 1.16. The molecule has 1 heterocycles. The van der Waals surface area contributed by atoms with Gasteiger partial charge < -0.3 is 10.1 Å². The Bertz CT molecular complexity index is 1040. The first-order chi connectivity index (χ1) is 14.9. The van der Waals surface area contributed by atoms with Gasteiger partial charge in [-0.25, -0.2) is 4.79 Å². The lowest BCUT2D eigenvalue weighted by atomic mass is 9.85. The van der Waals surface area contributed by atoms with Crippen LogP contribution in [-0.2, 0) is 19.1 Å². The van der Waals surface area contributed by atoms with Crippen LogP contribution in [0.15, 0.2) is 60.7 Å². The maximum atomic E-state index is 12.6. The number of rotatable bonds is 5. The van der Waals surface area contributed by atoms with E-state index in [-0.39, 0.29) is 29.2 Å². The first-order valence-electron chi connectivity index (χ1n) is 9.79. The van der Waals surface area contributed by atoms with Gasteiger partial charge in [0.15, 0.2) is 6.61 Å². The van der Waals surface area contributed by atoms with Gasteiger partial charge >= 0.3 is 5.97 Å². The molecule has 0 bridgehead atoms. The smallest absolute Gasteiger partial charge is 0.338 e. The second-order valence-corrected chi connectivity index (χ2v) is 7.78. The topological polar surface area (TPSA) is 92.8 Å². The minimum Gasteiger partial charge on any atom is -0.452 e. The van der Waals surface area contributed by atoms with Crippen LogP contribution in [0.3, 0.4) is 0 Å². The van der Waals surface area contributed by atoms with Crippen LogP contribution in [0, 0.1) is 11.8 Å². The highest BCUT2D eigenvalue weighted by molar-refractivity contribution is 6.30. The number of amides is 3. The Labute approximate surface area is 183 Å². The fourth-order valence-electron chi connectivity index (χ4n) is 3.75. The second kappa shape index (κ2) is 8.73. The second-order valence-electron chi connectivity index (χ2n) is 7.35. The van der Waals surface area contributed by atoms with E-state index in [9.17, 15) is 19.2 Å². The summed E-state index contributed by atoms with van der Waals surface area (Å²) in [5.74, 6) is -2.24. The predicted molar refractivity (Wildman–Crippen MR) is 115 cm³/mol. The third kappa shape index (κ3) is 4.36. The lowest BCUT2D eigenvalue weighted by Gasteiger charge is -2.15. The first-order valence-corrected chi connectivity index (χ1v) is 10.2. The van der Waals surface area contributed by atoms with Crippen molar-refractivity contribution in [2.24, 2.45) is 11.8 Å². The molecule has 2 aromatic carbocycles. The van der Waals surface area contributed by atoms with Gasteiger partial charge in [-0.15, -0.1) is 0 Å². The van der Waals surface area contributed by atoms with Crippen LogP contribution in [0.1, 0.15) is 23.2 Å². The number of nitrogens with zero attached hydrogens (tertiary/aromatic N) is 1. The fourth-order valence-corrected chi connectivity index (χ4v) is 3.87. The predicted octanol–water partition coefficient (Wildman–Crippen LogP) is 3.59. The van der Waals surface area contributed by atoms with Crippen molar-refractivity contribution in [2.75, 3.05) is 16.8 Å². The van der Waals surface area contributed by atoms with Crippen molar-refractivity contribution in [1.29, 1.82) is 0 Å². The van der Waals surface area contributed by atoms with Gasteiger partial charge in [-0.2, -0.15) is 0 Å². The highest BCUT2D eigenvalue weighted by Gasteiger charge is 2.47. The van der Waals surface area contributed by atoms with Crippen molar-refractivity contribution >= 4 is 46.7 Å². The fraction of sp³-hybridized carbons (Fsp3) is 0.217. The van der Waals surface area contributed by atoms with Gasteiger partial charge in [0.25, 0.3) is 5.91 Å². The van der Waals surface area contributed by atoms with E-state index < -0.39 is 18.5 Å². The van der Waals surface area contributed by atoms with Gasteiger partial charge in [-0.3, -0.25) is 19.3 Å². The van der Waals surface area contributed by atoms with Crippen molar-refractivity contribution in [3.63, 3.8) is 0 Å². The van der Waals surface area contributed by atoms with Crippen LogP contribution in [-0.4, -0.2) is 30.3 Å². The molecule has 2 atom stereocenters. The average Bonchev–Trinajstić information content (AvgIpc) is 3.04. The molecule has 0 radical (unpaired) electrons. The van der Waals surface area contributed by atoms with E-state index in [1.807, 2.05) is 12.2 Å². The van der Waals surface area contributed by atoms with Gasteiger partial charge in [0.1, 0.15) is 0 Å². The number of nitrogens with one attached hydrogen (secondary N) is 1. The highest BCUT2D eigenvalue weighted by atomic mass is 35.5. The number of hydrogen-bond donors (Lipinski definition) is 1. The van der Waals surface area contributed by atoms with Crippen molar-refractivity contribution in [3.05, 3.63) is 71.3 Å². The van der Waals surface area contributed by atoms with Gasteiger partial charge in [0.2, 0.25) is 11.8 Å². The molecule has 1 aliphatic carbocycles. The Morgan fingerprint density at radius 2 is 1.52 bits per heavy atom. The third-order valence-corrected chi connectivity index (χ3v) is 5.58. The molecule has 0 aromatic heterocycles. The SMILES string of the molecule is O=C(COC(=O)c1ccc(N2C(=O)[C@H]3CC=CC[C@@H]3C2=O)cc1)Nc1ccc(Cl)cc1. The summed E-state index contributed by atoms with van der Waals surface area (Å²) in [5, 5.41) is 3.14. The summed E-state index contributed by atoms with van der Waals surface area (Å²) in [6, 6.07) is 12.5. The summed E-state index contributed by atoms with van der Waals surface area (Å²) in [4.78, 5) is 50.7. The molecule has 1 saturated heterocycles. The van der Waals surface area contributed by atoms with Crippen molar-refractivity contribution in [1.82, 2.24) is 0 Å². The minimum atomic E-state index is -0.685. The zero-order chi connectivity index (χ0) is 22.0. The molecule has 8 heteroatoms. The Hall–Kier alpha value is -3.45. The zero-order valence-corrected chi connectivity index (χ0v) is 17.2. The number of hydrogen-bond acceptors (Lipinski definition) is 5. The number of allylic oxidation sites excluding steroid dienone is 2. The number of ether oxygens (including phenoxy) is 1. The maximum absolute atomic E-state index is 12.6. The molecule has 3 amide bonds. The average molecular weight is 439 g/mol. The monoisotopic (exact) mass is 438 g/mol. The Morgan fingerprint density at radius 3 is 2.10 bits per heavy atom. The number of benzene rings is 2. The van der Waals surface area contributed by atoms with Gasteiger partial charge in [0, 0.05) is 10.7 Å². The summed E-state index contributed by atoms with van der Waals surface area (Å²) in [6.07, 6.45) is 4.98. The number of carbonyl (C=O) groups excluding carboxylic acids is 4. The largest absolute Gasteiger partial charge is 0.452 e. The molecule has 1 N–H and O–H groups in total. The third-order valence-electron chi connectivity index (χ3n) is 5.33. The molecular formula is C23H19ClN2O5. The van der Waals surface area contributed by atoms with Crippen molar-refractivity contribution in [3.8, 4) is 0 Å². The Morgan fingerprint density at radius 1 is 0.935 bits per heavy atom. The van der Waals surface area contributed by atoms with E-state index in [1.54, 1.807) is 24.3 Å². The lowest BCUT2D eigenvalue weighted by Crippen LogP contribution is -2.30. The summed E-state index contributed by atoms with van der Waals surface area (Å²) < 4.78 is 5.04. The molecule has 4 rings (SSSR count). The van der Waals surface area contributed by atoms with Crippen LogP contribution >= 0.6 is 11.6 Å². The number of fused-ring (bicyclic) bond motifs is 1. The van der Waals surface area contributed by atoms with E-state index in [1.165, 1.54) is 29.2 Å². The number of carbonyl (C=O) groups is 4. The van der Waals surface area contributed by atoms with E-state index in [0.717, 1.165) is 0 Å². The van der Waals surface area contributed by atoms with Crippen LogP contribution in [0.4, 0.5) is 11.4 Å². The summed E-state index contributed by atoms with van der Waals surface area (Å²) in [6.45, 7) is -0.456. The molecule has 0 saturated carbocycles. The maximum Gasteiger partial charge on any atom is 0.338 e. The van der Waals surface area contributed by atoms with Crippen molar-refractivity contribution < 1.29 is 23.9 Å². The molecular weight excluding hydrogens is 420 g/mol. The van der Waals surface area contributed by atoms with Gasteiger partial charge in [-0.1, -0.05) is 23.8 Å². The van der Waals surface area contributed by atoms with Crippen molar-refractivity contribution in [2.45, 2.75) is 12.8 Å². The summed E-state index contributed by atoms with van der Waals surface area (Å²) in [7, 11) is 0. The number of imide groups is 1. The molecule has 2 aliphatic rings. The van der Waals surface area contributed by atoms with E-state index >= 15 is 0 Å². The van der Waals surface area contributed by atoms with E-state index in [4.69, 9.17) is 16.3 Å². The van der Waals surface area contributed by atoms with Crippen LogP contribution in [0.5, 0.6) is 0 Å². The first kappa shape index (κ1) is 20.8. The minimum absolute atomic E-state index is 0.209. The van der Waals surface area contributed by atoms with Gasteiger partial charge in [-0.05, 0) is 61.4 Å². The number of halogens is 1. The molecule has 31 heavy (non-hydrogen) atoms. The van der Waals surface area contributed by atoms with Crippen LogP contribution in [0.25, 0.3) is 0 Å². The molecule has 0 unspecified atom stereocenters. The zero-order valence-electron chi connectivity index (χ0n) is 16.4. The molecule has 1 fully saturated rings. The normalized spacial score (nSPS) is 19.8. The van der Waals surface area contributed by atoms with Gasteiger partial charge in [0.05, 0.1) is 23.1 Å². The molecule has 1 aliphatic heterocycles. The Kier molecular flexibility index (Phi) is 5.86. The van der Waals surface area contributed by atoms with E-state index in [0.29, 0.717) is 29.2 Å². The standard InChI is InChI=1S/C23H19ClN2O5/c24-15-7-9-16(10-8-15)25-20(27)13-31-23(30)14-5-11-17(12-6-14)26-21(28)18-3-1-2-4-19(18)22(26)29/h1-2,5-12,18-19H,3-4,13H2,(H,25,27)/t18-,19-/m0/s1. The molecule has 158 valence electrons. The van der Waals surface area contributed by atoms with E-state index in [2.05, 4.69) is 5.32 Å². The summed E-state index contributed by atoms with van der Waals surface area (Å²) >= 11 is 5.79. The molecule has 7 nitrogen and oxygen atoms in total. The Balaban J connectivity index is 1.35. The molecule has 2 aromatic rings. The number of esters is 1. The highest BCUT2D eigenvalue weighted by Crippen LogP contribution is 2.37. The van der Waals surface area contributed by atoms with Crippen LogP contribution < -0.4 is 10.2 Å². The quantitative estimate of drug-likeness (QED) is 0.437. The number of anilines is 2. The lowest BCUT2D eigenvalue weighted by molar-refractivity contribution is -0.122. The van der Waals surface area contributed by atoms with Crippen LogP contribution in [0.2, 0.25) is 5.02 Å².